The highest BCUT2D eigenvalue weighted by Gasteiger charge is 2.24. The number of rotatable bonds is 5. The minimum Gasteiger partial charge on any atom is -0.490 e. The van der Waals surface area contributed by atoms with Crippen LogP contribution in [0.3, 0.4) is 0 Å². The fraction of sp³-hybridized carbons (Fsp3) is 0.400. The topological polar surface area (TPSA) is 55.9 Å². The predicted molar refractivity (Wildman–Crippen MR) is 97.0 cm³/mol. The number of aryl methyl sites for hydroxylation is 1. The Bertz CT molecular complexity index is 858. The van der Waals surface area contributed by atoms with E-state index in [9.17, 15) is 8.42 Å². The van der Waals surface area contributed by atoms with Gasteiger partial charge in [-0.1, -0.05) is 39.0 Å². The monoisotopic (exact) mass is 360 g/mol. The summed E-state index contributed by atoms with van der Waals surface area (Å²) in [6.07, 6.45) is 0.129. The lowest BCUT2D eigenvalue weighted by Crippen LogP contribution is -2.11. The summed E-state index contributed by atoms with van der Waals surface area (Å²) < 4.78 is 36.7. The molecule has 1 heterocycles. The average Bonchev–Trinajstić information content (AvgIpc) is 3.37. The molecular weight excluding hydrogens is 336 g/mol. The fourth-order valence-corrected chi connectivity index (χ4v) is 3.80. The van der Waals surface area contributed by atoms with Crippen LogP contribution in [0.2, 0.25) is 0 Å². The zero-order valence-electron chi connectivity index (χ0n) is 15.1. The highest BCUT2D eigenvalue weighted by atomic mass is 32.2. The number of ether oxygens (including phenoxy) is 2. The van der Waals surface area contributed by atoms with E-state index >= 15 is 0 Å². The van der Waals surface area contributed by atoms with Crippen molar-refractivity contribution in [2.45, 2.75) is 49.0 Å². The molecule has 25 heavy (non-hydrogen) atoms. The van der Waals surface area contributed by atoms with Crippen LogP contribution in [-0.4, -0.2) is 27.7 Å². The maximum Gasteiger partial charge on any atom is 0.206 e. The molecule has 3 rings (SSSR count). The lowest BCUT2D eigenvalue weighted by Gasteiger charge is -2.19. The van der Waals surface area contributed by atoms with E-state index in [-0.39, 0.29) is 16.4 Å². The molecule has 0 aromatic heterocycles. The smallest absolute Gasteiger partial charge is 0.206 e. The molecule has 1 saturated heterocycles. The van der Waals surface area contributed by atoms with E-state index < -0.39 is 9.84 Å². The number of hydrogen-bond acceptors (Lipinski definition) is 4. The first kappa shape index (κ1) is 18.0. The van der Waals surface area contributed by atoms with Gasteiger partial charge in [-0.15, -0.1) is 0 Å². The van der Waals surface area contributed by atoms with Gasteiger partial charge in [-0.2, -0.15) is 0 Å². The summed E-state index contributed by atoms with van der Waals surface area (Å²) in [5, 5.41) is 0. The second-order valence-electron chi connectivity index (χ2n) is 7.47. The molecule has 0 radical (unpaired) electrons. The van der Waals surface area contributed by atoms with Crippen LogP contribution in [0.15, 0.2) is 52.3 Å². The first-order valence-corrected chi connectivity index (χ1v) is 9.87. The lowest BCUT2D eigenvalue weighted by molar-refractivity contribution is 0.261. The van der Waals surface area contributed by atoms with Gasteiger partial charge in [-0.3, -0.25) is 0 Å². The number of hydrogen-bond donors (Lipinski definition) is 0. The third-order valence-corrected chi connectivity index (χ3v) is 6.09. The molecule has 1 unspecified atom stereocenters. The van der Waals surface area contributed by atoms with E-state index in [2.05, 4.69) is 20.8 Å². The van der Waals surface area contributed by atoms with Gasteiger partial charge in [0.05, 0.1) is 16.4 Å². The van der Waals surface area contributed by atoms with Crippen LogP contribution in [0.1, 0.15) is 31.9 Å². The summed E-state index contributed by atoms with van der Waals surface area (Å²) in [5.41, 5.74) is 1.99. The number of benzene rings is 2. The third-order valence-electron chi connectivity index (χ3n) is 4.33. The zero-order chi connectivity index (χ0) is 18.2. The van der Waals surface area contributed by atoms with E-state index in [1.54, 1.807) is 30.3 Å². The number of sulfone groups is 1. The lowest BCUT2D eigenvalue weighted by atomic mass is 9.87. The van der Waals surface area contributed by atoms with E-state index in [0.29, 0.717) is 23.9 Å². The predicted octanol–water partition coefficient (Wildman–Crippen LogP) is 3.90. The SMILES string of the molecule is Cc1ccc(S(=O)(=O)c2ccc(C(C)(C)C)cc2)cc1OCC1CO1. The summed E-state index contributed by atoms with van der Waals surface area (Å²) in [7, 11) is -3.57. The Morgan fingerprint density at radius 1 is 1.08 bits per heavy atom. The molecule has 0 spiro atoms. The van der Waals surface area contributed by atoms with Gasteiger partial charge in [-0.25, -0.2) is 8.42 Å². The molecule has 5 heteroatoms. The van der Waals surface area contributed by atoms with Crippen LogP contribution in [-0.2, 0) is 20.0 Å². The molecule has 0 N–H and O–H groups in total. The molecule has 134 valence electrons. The first-order valence-electron chi connectivity index (χ1n) is 8.38. The Kier molecular flexibility index (Phi) is 4.64. The average molecular weight is 360 g/mol. The van der Waals surface area contributed by atoms with E-state index in [0.717, 1.165) is 11.1 Å². The largest absolute Gasteiger partial charge is 0.490 e. The molecule has 0 saturated carbocycles. The van der Waals surface area contributed by atoms with Gasteiger partial charge in [0.1, 0.15) is 18.5 Å². The van der Waals surface area contributed by atoms with E-state index in [1.807, 2.05) is 19.1 Å². The first-order chi connectivity index (χ1) is 11.7. The van der Waals surface area contributed by atoms with Gasteiger partial charge < -0.3 is 9.47 Å². The van der Waals surface area contributed by atoms with Gasteiger partial charge in [0.25, 0.3) is 0 Å². The highest BCUT2D eigenvalue weighted by molar-refractivity contribution is 7.91. The molecule has 0 aliphatic carbocycles. The standard InChI is InChI=1S/C20H24O4S/c1-14-5-8-18(11-19(14)24-13-16-12-23-16)25(21,22)17-9-6-15(7-10-17)20(2,3)4/h5-11,16H,12-13H2,1-4H3. The summed E-state index contributed by atoms with van der Waals surface area (Å²) >= 11 is 0. The molecule has 0 bridgehead atoms. The Morgan fingerprint density at radius 3 is 2.24 bits per heavy atom. The van der Waals surface area contributed by atoms with Crippen LogP contribution in [0.4, 0.5) is 0 Å². The molecule has 0 amide bonds. The maximum atomic E-state index is 12.9. The fourth-order valence-electron chi connectivity index (χ4n) is 2.52. The Balaban J connectivity index is 1.89. The van der Waals surface area contributed by atoms with Crippen molar-refractivity contribution in [2.24, 2.45) is 0 Å². The van der Waals surface area contributed by atoms with Crippen molar-refractivity contribution in [3.05, 3.63) is 53.6 Å². The summed E-state index contributed by atoms with van der Waals surface area (Å²) in [5.74, 6) is 0.586. The quantitative estimate of drug-likeness (QED) is 0.759. The van der Waals surface area contributed by atoms with Crippen molar-refractivity contribution in [1.29, 1.82) is 0 Å². The molecule has 2 aromatic rings. The molecule has 2 aromatic carbocycles. The van der Waals surface area contributed by atoms with Crippen LogP contribution < -0.4 is 4.74 Å². The van der Waals surface area contributed by atoms with Crippen molar-refractivity contribution in [2.75, 3.05) is 13.2 Å². The van der Waals surface area contributed by atoms with Crippen molar-refractivity contribution >= 4 is 9.84 Å². The molecule has 1 aliphatic rings. The maximum absolute atomic E-state index is 12.9. The van der Waals surface area contributed by atoms with Gasteiger partial charge in [0, 0.05) is 0 Å². The van der Waals surface area contributed by atoms with E-state index in [1.165, 1.54) is 0 Å². The Hall–Kier alpha value is -1.85. The molecule has 1 atom stereocenters. The van der Waals surface area contributed by atoms with Gasteiger partial charge in [0.15, 0.2) is 0 Å². The minimum atomic E-state index is -3.57. The second-order valence-corrected chi connectivity index (χ2v) is 9.42. The zero-order valence-corrected chi connectivity index (χ0v) is 15.9. The normalized spacial score (nSPS) is 17.4. The molecule has 1 fully saturated rings. The van der Waals surface area contributed by atoms with Gasteiger partial charge in [0.2, 0.25) is 9.84 Å². The summed E-state index contributed by atoms with van der Waals surface area (Å²) in [6.45, 7) is 9.36. The van der Waals surface area contributed by atoms with Crippen molar-refractivity contribution < 1.29 is 17.9 Å². The van der Waals surface area contributed by atoms with Crippen LogP contribution >= 0.6 is 0 Å². The van der Waals surface area contributed by atoms with Gasteiger partial charge >= 0.3 is 0 Å². The molecule has 1 aliphatic heterocycles. The molecule has 4 nitrogen and oxygen atoms in total. The Labute approximate surface area is 149 Å². The molecular formula is C20H24O4S. The minimum absolute atomic E-state index is 0.0158. The van der Waals surface area contributed by atoms with Gasteiger partial charge in [-0.05, 0) is 47.7 Å². The summed E-state index contributed by atoms with van der Waals surface area (Å²) in [6, 6.07) is 12.1. The van der Waals surface area contributed by atoms with E-state index in [4.69, 9.17) is 9.47 Å². The highest BCUT2D eigenvalue weighted by Crippen LogP contribution is 2.29. The number of epoxide rings is 1. The van der Waals surface area contributed by atoms with Crippen LogP contribution in [0.5, 0.6) is 5.75 Å². The third kappa shape index (κ3) is 4.05. The Morgan fingerprint density at radius 2 is 1.68 bits per heavy atom. The van der Waals surface area contributed by atoms with Crippen molar-refractivity contribution in [1.82, 2.24) is 0 Å². The van der Waals surface area contributed by atoms with Crippen molar-refractivity contribution in [3.8, 4) is 5.75 Å². The van der Waals surface area contributed by atoms with Crippen molar-refractivity contribution in [3.63, 3.8) is 0 Å². The van der Waals surface area contributed by atoms with Crippen LogP contribution in [0, 0.1) is 6.92 Å². The van der Waals surface area contributed by atoms with Crippen LogP contribution in [0.25, 0.3) is 0 Å². The second kappa shape index (κ2) is 6.46. The summed E-state index contributed by atoms with van der Waals surface area (Å²) in [4.78, 5) is 0.536.